The molecule has 5 heteroatoms. The number of hydrogen-bond donors (Lipinski definition) is 1. The van der Waals surface area contributed by atoms with E-state index in [2.05, 4.69) is 32.6 Å². The Morgan fingerprint density at radius 3 is 1.36 bits per heavy atom. The standard InChI is InChI=1S/C45H91NO4/c1-5-9-12-15-20-26-34-43(35-27-21-16-13-10-6-2)49-42-32-24-19-18-23-30-38-46(40-41-47)39-31-25-29-37-45(48)50-44(33-8-4)36-28-22-17-14-11-7-3/h43-44,47H,5-42H2,1-4H3. The molecular formula is C45H91NO4. The van der Waals surface area contributed by atoms with Gasteiger partial charge in [0.25, 0.3) is 0 Å². The highest BCUT2D eigenvalue weighted by molar-refractivity contribution is 5.69. The zero-order valence-electron chi connectivity index (χ0n) is 34.6. The Labute approximate surface area is 314 Å². The van der Waals surface area contributed by atoms with Crippen LogP contribution < -0.4 is 0 Å². The van der Waals surface area contributed by atoms with Gasteiger partial charge in [-0.3, -0.25) is 4.79 Å². The third-order valence-corrected chi connectivity index (χ3v) is 10.5. The van der Waals surface area contributed by atoms with E-state index in [1.807, 2.05) is 0 Å². The molecule has 0 fully saturated rings. The van der Waals surface area contributed by atoms with Gasteiger partial charge in [0.15, 0.2) is 0 Å². The molecule has 0 amide bonds. The van der Waals surface area contributed by atoms with Gasteiger partial charge in [-0.2, -0.15) is 0 Å². The maximum Gasteiger partial charge on any atom is 0.306 e. The summed E-state index contributed by atoms with van der Waals surface area (Å²) in [5.74, 6) is -0.00522. The Hall–Kier alpha value is -0.650. The van der Waals surface area contributed by atoms with Gasteiger partial charge < -0.3 is 19.5 Å². The van der Waals surface area contributed by atoms with Crippen LogP contribution in [0.15, 0.2) is 0 Å². The minimum atomic E-state index is -0.00522. The topological polar surface area (TPSA) is 59.0 Å². The molecule has 5 nitrogen and oxygen atoms in total. The fourth-order valence-corrected chi connectivity index (χ4v) is 7.25. The maximum absolute atomic E-state index is 12.5. The molecule has 0 radical (unpaired) electrons. The summed E-state index contributed by atoms with van der Waals surface area (Å²) in [6, 6.07) is 0. The van der Waals surface area contributed by atoms with Gasteiger partial charge in [-0.25, -0.2) is 0 Å². The van der Waals surface area contributed by atoms with Crippen molar-refractivity contribution in [3.05, 3.63) is 0 Å². The van der Waals surface area contributed by atoms with Crippen LogP contribution in [0.5, 0.6) is 0 Å². The van der Waals surface area contributed by atoms with E-state index in [0.717, 1.165) is 64.8 Å². The van der Waals surface area contributed by atoms with Gasteiger partial charge >= 0.3 is 5.97 Å². The fraction of sp³-hybridized carbons (Fsp3) is 0.978. The first-order valence-electron chi connectivity index (χ1n) is 22.7. The quantitative estimate of drug-likeness (QED) is 0.0505. The summed E-state index contributed by atoms with van der Waals surface area (Å²) in [5, 5.41) is 9.59. The van der Waals surface area contributed by atoms with Crippen LogP contribution in [0.1, 0.15) is 240 Å². The van der Waals surface area contributed by atoms with E-state index in [4.69, 9.17) is 9.47 Å². The fourth-order valence-electron chi connectivity index (χ4n) is 7.25. The Bertz CT molecular complexity index is 643. The Morgan fingerprint density at radius 1 is 0.460 bits per heavy atom. The number of rotatable bonds is 42. The lowest BCUT2D eigenvalue weighted by Crippen LogP contribution is -2.29. The van der Waals surface area contributed by atoms with Crippen LogP contribution in [0.2, 0.25) is 0 Å². The third kappa shape index (κ3) is 35.7. The number of hydrogen-bond acceptors (Lipinski definition) is 5. The van der Waals surface area contributed by atoms with E-state index in [9.17, 15) is 9.90 Å². The van der Waals surface area contributed by atoms with Crippen molar-refractivity contribution in [2.45, 2.75) is 252 Å². The summed E-state index contributed by atoms with van der Waals surface area (Å²) in [4.78, 5) is 14.9. The minimum Gasteiger partial charge on any atom is -0.462 e. The molecule has 0 rings (SSSR count). The van der Waals surface area contributed by atoms with Crippen molar-refractivity contribution in [3.8, 4) is 0 Å². The van der Waals surface area contributed by atoms with E-state index in [1.165, 1.54) is 167 Å². The molecule has 0 aromatic rings. The molecule has 0 aromatic heterocycles. The summed E-state index contributed by atoms with van der Waals surface area (Å²) < 4.78 is 12.3. The number of aliphatic hydroxyl groups excluding tert-OH is 1. The van der Waals surface area contributed by atoms with Crippen LogP contribution in [0.25, 0.3) is 0 Å². The molecule has 0 aliphatic carbocycles. The van der Waals surface area contributed by atoms with Gasteiger partial charge in [-0.1, -0.05) is 175 Å². The number of carbonyl (C=O) groups is 1. The first kappa shape index (κ1) is 49.4. The molecular weight excluding hydrogens is 618 g/mol. The van der Waals surface area contributed by atoms with E-state index in [-0.39, 0.29) is 18.7 Å². The second-order valence-electron chi connectivity index (χ2n) is 15.6. The predicted octanol–water partition coefficient (Wildman–Crippen LogP) is 13.5. The van der Waals surface area contributed by atoms with Crippen molar-refractivity contribution < 1.29 is 19.4 Å². The Morgan fingerprint density at radius 2 is 0.880 bits per heavy atom. The first-order chi connectivity index (χ1) is 24.6. The first-order valence-corrected chi connectivity index (χ1v) is 22.7. The van der Waals surface area contributed by atoms with Crippen molar-refractivity contribution in [1.82, 2.24) is 4.90 Å². The molecule has 0 spiro atoms. The van der Waals surface area contributed by atoms with Crippen molar-refractivity contribution in [3.63, 3.8) is 0 Å². The average Bonchev–Trinajstić information content (AvgIpc) is 3.11. The zero-order chi connectivity index (χ0) is 36.6. The summed E-state index contributed by atoms with van der Waals surface area (Å²) in [6.45, 7) is 13.0. The monoisotopic (exact) mass is 710 g/mol. The molecule has 0 aliphatic rings. The van der Waals surface area contributed by atoms with Gasteiger partial charge in [-0.05, 0) is 70.9 Å². The number of aliphatic hydroxyl groups is 1. The summed E-state index contributed by atoms with van der Waals surface area (Å²) in [5.41, 5.74) is 0. The van der Waals surface area contributed by atoms with Crippen LogP contribution in [-0.2, 0) is 14.3 Å². The van der Waals surface area contributed by atoms with Crippen LogP contribution in [-0.4, -0.2) is 61.0 Å². The van der Waals surface area contributed by atoms with Gasteiger partial charge in [-0.15, -0.1) is 0 Å². The normalized spacial score (nSPS) is 12.4. The Balaban J connectivity index is 4.04. The molecule has 0 aromatic carbocycles. The molecule has 300 valence electrons. The number of nitrogens with zero attached hydrogens (tertiary/aromatic N) is 1. The Kier molecular flexibility index (Phi) is 40.6. The second kappa shape index (κ2) is 41.1. The number of ether oxygens (including phenoxy) is 2. The lowest BCUT2D eigenvalue weighted by Gasteiger charge is -2.21. The largest absolute Gasteiger partial charge is 0.462 e. The third-order valence-electron chi connectivity index (χ3n) is 10.5. The van der Waals surface area contributed by atoms with Crippen LogP contribution in [0.4, 0.5) is 0 Å². The van der Waals surface area contributed by atoms with Crippen LogP contribution in [0, 0.1) is 0 Å². The SMILES string of the molecule is CCCCCCCCC(CCCCCCCC)OCCCCCCCCN(CCO)CCCCCC(=O)OC(CCC)CCCCCCCC. The summed E-state index contributed by atoms with van der Waals surface area (Å²) >= 11 is 0. The highest BCUT2D eigenvalue weighted by Crippen LogP contribution is 2.19. The molecule has 1 unspecified atom stereocenters. The van der Waals surface area contributed by atoms with Crippen molar-refractivity contribution in [2.75, 3.05) is 32.8 Å². The van der Waals surface area contributed by atoms with Crippen molar-refractivity contribution in [2.24, 2.45) is 0 Å². The van der Waals surface area contributed by atoms with E-state index >= 15 is 0 Å². The average molecular weight is 710 g/mol. The predicted molar refractivity (Wildman–Crippen MR) is 218 cm³/mol. The van der Waals surface area contributed by atoms with Crippen molar-refractivity contribution in [1.29, 1.82) is 0 Å². The van der Waals surface area contributed by atoms with Crippen molar-refractivity contribution >= 4 is 5.97 Å². The van der Waals surface area contributed by atoms with Gasteiger partial charge in [0, 0.05) is 19.6 Å². The number of carbonyl (C=O) groups excluding carboxylic acids is 1. The second-order valence-corrected chi connectivity index (χ2v) is 15.6. The van der Waals surface area contributed by atoms with Crippen LogP contribution in [0.3, 0.4) is 0 Å². The molecule has 50 heavy (non-hydrogen) atoms. The highest BCUT2D eigenvalue weighted by atomic mass is 16.5. The zero-order valence-corrected chi connectivity index (χ0v) is 34.6. The molecule has 1 atom stereocenters. The summed E-state index contributed by atoms with van der Waals surface area (Å²) in [6.07, 6.45) is 41.5. The lowest BCUT2D eigenvalue weighted by atomic mass is 10.0. The van der Waals surface area contributed by atoms with E-state index in [0.29, 0.717) is 12.5 Å². The smallest absolute Gasteiger partial charge is 0.306 e. The molecule has 0 saturated heterocycles. The minimum absolute atomic E-state index is 0.00522. The van der Waals surface area contributed by atoms with Gasteiger partial charge in [0.1, 0.15) is 6.10 Å². The number of unbranched alkanes of at least 4 members (excludes halogenated alkanes) is 22. The molecule has 0 saturated carbocycles. The molecule has 0 aliphatic heterocycles. The lowest BCUT2D eigenvalue weighted by molar-refractivity contribution is -0.150. The molecule has 0 heterocycles. The molecule has 0 bridgehead atoms. The van der Waals surface area contributed by atoms with E-state index < -0.39 is 0 Å². The van der Waals surface area contributed by atoms with Crippen LogP contribution >= 0.6 is 0 Å². The molecule has 1 N–H and O–H groups in total. The van der Waals surface area contributed by atoms with Gasteiger partial charge in [0.05, 0.1) is 12.7 Å². The summed E-state index contributed by atoms with van der Waals surface area (Å²) in [7, 11) is 0. The number of esters is 1. The van der Waals surface area contributed by atoms with E-state index in [1.54, 1.807) is 0 Å². The highest BCUT2D eigenvalue weighted by Gasteiger charge is 2.14. The van der Waals surface area contributed by atoms with Gasteiger partial charge in [0.2, 0.25) is 0 Å². The maximum atomic E-state index is 12.5.